The Morgan fingerprint density at radius 2 is 2.00 bits per heavy atom. The van der Waals surface area contributed by atoms with Crippen molar-refractivity contribution in [3.8, 4) is 0 Å². The third kappa shape index (κ3) is 2.99. The fourth-order valence-electron chi connectivity index (χ4n) is 2.53. The average Bonchev–Trinajstić information content (AvgIpc) is 2.93. The lowest BCUT2D eigenvalue weighted by Gasteiger charge is -2.06. The second kappa shape index (κ2) is 5.76. The van der Waals surface area contributed by atoms with Crippen LogP contribution in [0.15, 0.2) is 41.4 Å². The second-order valence-corrected chi connectivity index (χ2v) is 5.98. The topological polar surface area (TPSA) is 38.9 Å². The summed E-state index contributed by atoms with van der Waals surface area (Å²) in [6.07, 6.45) is 5.66. The summed E-state index contributed by atoms with van der Waals surface area (Å²) < 4.78 is 0. The third-order valence-electron chi connectivity index (χ3n) is 3.57. The van der Waals surface area contributed by atoms with E-state index in [4.69, 9.17) is 5.73 Å². The van der Waals surface area contributed by atoms with E-state index in [2.05, 4.69) is 35.3 Å². The van der Waals surface area contributed by atoms with Crippen molar-refractivity contribution >= 4 is 11.8 Å². The van der Waals surface area contributed by atoms with Gasteiger partial charge in [0.25, 0.3) is 0 Å². The van der Waals surface area contributed by atoms with Crippen molar-refractivity contribution in [2.75, 3.05) is 0 Å². The lowest BCUT2D eigenvalue weighted by molar-refractivity contribution is 0.911. The SMILES string of the molecule is NCc1cc(CSc2ccc3c(c2)CCC3)ccn1. The Labute approximate surface area is 118 Å². The van der Waals surface area contributed by atoms with Gasteiger partial charge in [0.15, 0.2) is 0 Å². The highest BCUT2D eigenvalue weighted by Crippen LogP contribution is 2.29. The largest absolute Gasteiger partial charge is 0.325 e. The molecule has 2 aromatic rings. The van der Waals surface area contributed by atoms with E-state index in [9.17, 15) is 0 Å². The number of benzene rings is 1. The van der Waals surface area contributed by atoms with E-state index in [-0.39, 0.29) is 0 Å². The molecule has 1 aromatic carbocycles. The van der Waals surface area contributed by atoms with Crippen LogP contribution < -0.4 is 5.73 Å². The third-order valence-corrected chi connectivity index (χ3v) is 4.63. The van der Waals surface area contributed by atoms with E-state index in [1.165, 1.54) is 29.7 Å². The van der Waals surface area contributed by atoms with E-state index in [1.807, 2.05) is 18.0 Å². The lowest BCUT2D eigenvalue weighted by Crippen LogP contribution is -1.99. The molecule has 0 amide bonds. The molecule has 0 unspecified atom stereocenters. The molecule has 0 radical (unpaired) electrons. The highest BCUT2D eigenvalue weighted by molar-refractivity contribution is 7.98. The molecule has 3 heteroatoms. The van der Waals surface area contributed by atoms with Crippen molar-refractivity contribution < 1.29 is 0 Å². The smallest absolute Gasteiger partial charge is 0.0542 e. The quantitative estimate of drug-likeness (QED) is 0.866. The van der Waals surface area contributed by atoms with Crippen LogP contribution in [0.25, 0.3) is 0 Å². The number of aromatic nitrogens is 1. The second-order valence-electron chi connectivity index (χ2n) is 4.93. The van der Waals surface area contributed by atoms with Crippen molar-refractivity contribution in [2.45, 2.75) is 36.5 Å². The molecule has 0 saturated carbocycles. The first-order valence-corrected chi connectivity index (χ1v) is 7.72. The Balaban J connectivity index is 1.68. The standard InChI is InChI=1S/C16H18N2S/c17-10-15-8-12(6-7-18-15)11-19-16-5-4-13-2-1-3-14(13)9-16/h4-9H,1-3,10-11,17H2. The van der Waals surface area contributed by atoms with Gasteiger partial charge in [-0.2, -0.15) is 0 Å². The maximum atomic E-state index is 5.62. The van der Waals surface area contributed by atoms with Crippen molar-refractivity contribution in [2.24, 2.45) is 5.73 Å². The summed E-state index contributed by atoms with van der Waals surface area (Å²) in [7, 11) is 0. The van der Waals surface area contributed by atoms with Gasteiger partial charge < -0.3 is 5.73 Å². The summed E-state index contributed by atoms with van der Waals surface area (Å²) in [5, 5.41) is 0. The highest BCUT2D eigenvalue weighted by Gasteiger charge is 2.10. The number of rotatable bonds is 4. The molecule has 2 N–H and O–H groups in total. The van der Waals surface area contributed by atoms with Crippen LogP contribution in [0.3, 0.4) is 0 Å². The van der Waals surface area contributed by atoms with Gasteiger partial charge in [-0.15, -0.1) is 11.8 Å². The minimum absolute atomic E-state index is 0.511. The lowest BCUT2D eigenvalue weighted by atomic mass is 10.1. The average molecular weight is 270 g/mol. The molecular weight excluding hydrogens is 252 g/mol. The van der Waals surface area contributed by atoms with Gasteiger partial charge in [-0.1, -0.05) is 6.07 Å². The Morgan fingerprint density at radius 1 is 1.11 bits per heavy atom. The zero-order valence-electron chi connectivity index (χ0n) is 10.9. The number of pyridine rings is 1. The molecule has 0 spiro atoms. The molecule has 0 fully saturated rings. The van der Waals surface area contributed by atoms with Crippen molar-refractivity contribution in [1.29, 1.82) is 0 Å². The van der Waals surface area contributed by atoms with Crippen molar-refractivity contribution in [3.63, 3.8) is 0 Å². The minimum Gasteiger partial charge on any atom is -0.325 e. The molecule has 1 heterocycles. The van der Waals surface area contributed by atoms with E-state index >= 15 is 0 Å². The summed E-state index contributed by atoms with van der Waals surface area (Å²) in [4.78, 5) is 5.59. The van der Waals surface area contributed by atoms with Crippen LogP contribution in [0.1, 0.15) is 28.8 Å². The van der Waals surface area contributed by atoms with Gasteiger partial charge in [0.1, 0.15) is 0 Å². The van der Waals surface area contributed by atoms with Crippen LogP contribution in [-0.2, 0) is 25.1 Å². The number of nitrogens with two attached hydrogens (primary N) is 1. The van der Waals surface area contributed by atoms with E-state index in [0.29, 0.717) is 6.54 Å². The number of hydrogen-bond acceptors (Lipinski definition) is 3. The van der Waals surface area contributed by atoms with Crippen molar-refractivity contribution in [1.82, 2.24) is 4.98 Å². The van der Waals surface area contributed by atoms with Gasteiger partial charge in [-0.25, -0.2) is 0 Å². The number of hydrogen-bond donors (Lipinski definition) is 1. The Morgan fingerprint density at radius 3 is 2.89 bits per heavy atom. The van der Waals surface area contributed by atoms with E-state index in [0.717, 1.165) is 11.4 Å². The van der Waals surface area contributed by atoms with Crippen LogP contribution in [-0.4, -0.2) is 4.98 Å². The summed E-state index contributed by atoms with van der Waals surface area (Å²) in [6, 6.07) is 11.1. The molecule has 0 aliphatic heterocycles. The zero-order valence-corrected chi connectivity index (χ0v) is 11.7. The fourth-order valence-corrected chi connectivity index (χ4v) is 3.44. The van der Waals surface area contributed by atoms with Crippen LogP contribution in [0.2, 0.25) is 0 Å². The predicted octanol–water partition coefficient (Wildman–Crippen LogP) is 3.32. The molecule has 2 nitrogen and oxygen atoms in total. The number of nitrogens with zero attached hydrogens (tertiary/aromatic N) is 1. The maximum absolute atomic E-state index is 5.62. The van der Waals surface area contributed by atoms with Gasteiger partial charge in [0.05, 0.1) is 5.69 Å². The number of aryl methyl sites for hydroxylation is 2. The number of fused-ring (bicyclic) bond motifs is 1. The summed E-state index contributed by atoms with van der Waals surface area (Å²) in [6.45, 7) is 0.511. The molecule has 1 aliphatic rings. The molecule has 1 aliphatic carbocycles. The molecule has 1 aromatic heterocycles. The first-order valence-electron chi connectivity index (χ1n) is 6.73. The van der Waals surface area contributed by atoms with Crippen LogP contribution in [0, 0.1) is 0 Å². The molecule has 0 atom stereocenters. The van der Waals surface area contributed by atoms with Gasteiger partial charge in [0.2, 0.25) is 0 Å². The Bertz CT molecular complexity index is 581. The molecule has 19 heavy (non-hydrogen) atoms. The maximum Gasteiger partial charge on any atom is 0.0542 e. The fraction of sp³-hybridized carbons (Fsp3) is 0.312. The molecule has 0 saturated heterocycles. The number of thioether (sulfide) groups is 1. The first-order chi connectivity index (χ1) is 9.35. The van der Waals surface area contributed by atoms with Gasteiger partial charge in [0, 0.05) is 23.4 Å². The van der Waals surface area contributed by atoms with Crippen LogP contribution in [0.5, 0.6) is 0 Å². The van der Waals surface area contributed by atoms with Crippen molar-refractivity contribution in [3.05, 3.63) is 58.9 Å². The molecular formula is C16H18N2S. The summed E-state index contributed by atoms with van der Waals surface area (Å²) in [5.74, 6) is 0.980. The monoisotopic (exact) mass is 270 g/mol. The zero-order chi connectivity index (χ0) is 13.1. The molecule has 3 rings (SSSR count). The Kier molecular flexibility index (Phi) is 3.85. The van der Waals surface area contributed by atoms with Gasteiger partial charge in [-0.3, -0.25) is 4.98 Å². The van der Waals surface area contributed by atoms with Crippen LogP contribution in [0.4, 0.5) is 0 Å². The minimum atomic E-state index is 0.511. The van der Waals surface area contributed by atoms with Crippen LogP contribution >= 0.6 is 11.8 Å². The molecule has 98 valence electrons. The highest BCUT2D eigenvalue weighted by atomic mass is 32.2. The normalized spacial score (nSPS) is 13.5. The predicted molar refractivity (Wildman–Crippen MR) is 80.2 cm³/mol. The van der Waals surface area contributed by atoms with E-state index in [1.54, 1.807) is 11.1 Å². The summed E-state index contributed by atoms with van der Waals surface area (Å²) in [5.41, 5.74) is 11.0. The first kappa shape index (κ1) is 12.7. The molecule has 0 bridgehead atoms. The van der Waals surface area contributed by atoms with Gasteiger partial charge in [-0.05, 0) is 60.2 Å². The van der Waals surface area contributed by atoms with Gasteiger partial charge >= 0.3 is 0 Å². The summed E-state index contributed by atoms with van der Waals surface area (Å²) >= 11 is 1.89. The van der Waals surface area contributed by atoms with E-state index < -0.39 is 0 Å². The Hall–Kier alpha value is -1.32.